The Kier molecular flexibility index (Phi) is 5.75. The molecule has 2 fully saturated rings. The number of nitriles is 1. The normalized spacial score (nSPS) is 26.0. The zero-order chi connectivity index (χ0) is 22.2. The first-order valence-electron chi connectivity index (χ1n) is 10.5. The second-order valence-electron chi connectivity index (χ2n) is 8.74. The molecule has 1 aromatic carbocycles. The van der Waals surface area contributed by atoms with Crippen molar-refractivity contribution in [3.8, 4) is 6.07 Å². The molecule has 0 bridgehead atoms. The number of piperidine rings is 1. The van der Waals surface area contributed by atoms with Crippen LogP contribution in [0.3, 0.4) is 0 Å². The highest BCUT2D eigenvalue weighted by atomic mass is 19.3. The molecule has 3 atom stereocenters. The fourth-order valence-corrected chi connectivity index (χ4v) is 4.64. The Labute approximate surface area is 180 Å². The fraction of sp³-hybridized carbons (Fsp3) is 0.545. The van der Waals surface area contributed by atoms with Crippen LogP contribution in [0.4, 0.5) is 14.5 Å². The van der Waals surface area contributed by atoms with Gasteiger partial charge in [-0.05, 0) is 38.1 Å². The quantitative estimate of drug-likeness (QED) is 0.805. The second kappa shape index (κ2) is 8.35. The van der Waals surface area contributed by atoms with Gasteiger partial charge in [0.25, 0.3) is 5.92 Å². The zero-order valence-corrected chi connectivity index (χ0v) is 17.7. The van der Waals surface area contributed by atoms with E-state index in [1.807, 2.05) is 13.0 Å². The molecule has 31 heavy (non-hydrogen) atoms. The van der Waals surface area contributed by atoms with Crippen molar-refractivity contribution in [1.29, 1.82) is 5.26 Å². The number of benzene rings is 1. The number of carbonyl (C=O) groups excluding carboxylic acids is 1. The number of hydrogen-bond acceptors (Lipinski definition) is 6. The van der Waals surface area contributed by atoms with Gasteiger partial charge >= 0.3 is 0 Å². The number of rotatable bonds is 4. The Balaban J connectivity index is 1.45. The van der Waals surface area contributed by atoms with Crippen LogP contribution in [0.25, 0.3) is 11.0 Å². The third-order valence-electron chi connectivity index (χ3n) is 6.39. The minimum atomic E-state index is -2.85. The standard InChI is InChI=1S/C22H26F2N6O/c1-14-11-30(18-4-3-15(10-25)20-21(18)27-7-6-26-20)12-17(14)28-19(31)9-16-5-8-29(2)13-22(16,23)24/h3-4,6-7,14,16-17H,5,8-9,11-13H2,1-2H3,(H,28,31)/t14-,16?,17?/m1/s1. The number of carbonyl (C=O) groups is 1. The Hall–Kier alpha value is -2.86. The number of anilines is 1. The van der Waals surface area contributed by atoms with E-state index < -0.39 is 11.8 Å². The van der Waals surface area contributed by atoms with Crippen LogP contribution >= 0.6 is 0 Å². The van der Waals surface area contributed by atoms with Crippen molar-refractivity contribution in [3.63, 3.8) is 0 Å². The number of hydrogen-bond donors (Lipinski definition) is 1. The molecule has 0 aliphatic carbocycles. The van der Waals surface area contributed by atoms with E-state index in [1.54, 1.807) is 30.4 Å². The third-order valence-corrected chi connectivity index (χ3v) is 6.39. The van der Waals surface area contributed by atoms with E-state index in [0.29, 0.717) is 42.7 Å². The summed E-state index contributed by atoms with van der Waals surface area (Å²) in [6, 6.07) is 5.57. The Morgan fingerprint density at radius 1 is 1.29 bits per heavy atom. The SMILES string of the molecule is C[C@@H]1CN(c2ccc(C#N)c3nccnc23)CC1NC(=O)CC1CCN(C)CC1(F)F. The molecule has 164 valence electrons. The summed E-state index contributed by atoms with van der Waals surface area (Å²) in [6.07, 6.45) is 3.31. The van der Waals surface area contributed by atoms with Crippen molar-refractivity contribution in [1.82, 2.24) is 20.2 Å². The van der Waals surface area contributed by atoms with E-state index in [0.717, 1.165) is 5.69 Å². The summed E-state index contributed by atoms with van der Waals surface area (Å²) in [5, 5.41) is 12.3. The molecule has 1 N–H and O–H groups in total. The Morgan fingerprint density at radius 2 is 2.03 bits per heavy atom. The number of alkyl halides is 2. The lowest BCUT2D eigenvalue weighted by molar-refractivity contribution is -0.135. The smallest absolute Gasteiger partial charge is 0.263 e. The van der Waals surface area contributed by atoms with Crippen LogP contribution < -0.4 is 10.2 Å². The summed E-state index contributed by atoms with van der Waals surface area (Å²) >= 11 is 0. The summed E-state index contributed by atoms with van der Waals surface area (Å²) < 4.78 is 28.6. The van der Waals surface area contributed by atoms with E-state index in [-0.39, 0.29) is 30.8 Å². The summed E-state index contributed by atoms with van der Waals surface area (Å²) in [6.45, 7) is 3.55. The number of nitrogens with zero attached hydrogens (tertiary/aromatic N) is 5. The van der Waals surface area contributed by atoms with Crippen LogP contribution in [-0.4, -0.2) is 66.0 Å². The Morgan fingerprint density at radius 3 is 2.74 bits per heavy atom. The maximum absolute atomic E-state index is 14.3. The van der Waals surface area contributed by atoms with Gasteiger partial charge in [-0.25, -0.2) is 8.78 Å². The largest absolute Gasteiger partial charge is 0.367 e. The maximum Gasteiger partial charge on any atom is 0.263 e. The van der Waals surface area contributed by atoms with Crippen molar-refractivity contribution in [2.45, 2.75) is 31.7 Å². The first-order chi connectivity index (χ1) is 14.8. The highest BCUT2D eigenvalue weighted by molar-refractivity contribution is 5.92. The van der Waals surface area contributed by atoms with Crippen LogP contribution in [0, 0.1) is 23.2 Å². The lowest BCUT2D eigenvalue weighted by Gasteiger charge is -2.36. The topological polar surface area (TPSA) is 85.1 Å². The van der Waals surface area contributed by atoms with Gasteiger partial charge < -0.3 is 15.1 Å². The summed E-state index contributed by atoms with van der Waals surface area (Å²) in [5.74, 6) is -3.95. The van der Waals surface area contributed by atoms with Gasteiger partial charge in [0.2, 0.25) is 5.91 Å². The second-order valence-corrected chi connectivity index (χ2v) is 8.74. The van der Waals surface area contributed by atoms with Crippen molar-refractivity contribution in [2.24, 2.45) is 11.8 Å². The molecule has 3 heterocycles. The molecule has 2 aromatic rings. The first kappa shape index (κ1) is 21.4. The Bertz CT molecular complexity index is 1020. The van der Waals surface area contributed by atoms with Gasteiger partial charge in [-0.15, -0.1) is 0 Å². The van der Waals surface area contributed by atoms with E-state index in [1.165, 1.54) is 0 Å². The number of amides is 1. The van der Waals surface area contributed by atoms with Crippen molar-refractivity contribution >= 4 is 22.6 Å². The molecule has 1 aromatic heterocycles. The van der Waals surface area contributed by atoms with E-state index in [4.69, 9.17) is 0 Å². The van der Waals surface area contributed by atoms with Crippen molar-refractivity contribution in [2.75, 3.05) is 38.1 Å². The van der Waals surface area contributed by atoms with Gasteiger partial charge in [0.1, 0.15) is 17.1 Å². The number of aromatic nitrogens is 2. The van der Waals surface area contributed by atoms with E-state index >= 15 is 0 Å². The predicted molar refractivity (Wildman–Crippen MR) is 113 cm³/mol. The van der Waals surface area contributed by atoms with Crippen LogP contribution in [0.15, 0.2) is 24.5 Å². The molecule has 2 unspecified atom stereocenters. The highest BCUT2D eigenvalue weighted by Crippen LogP contribution is 2.35. The molecule has 9 heteroatoms. The van der Waals surface area contributed by atoms with Crippen LogP contribution in [0.5, 0.6) is 0 Å². The van der Waals surface area contributed by atoms with Crippen LogP contribution in [-0.2, 0) is 4.79 Å². The summed E-state index contributed by atoms with van der Waals surface area (Å²) in [5.41, 5.74) is 2.51. The third kappa shape index (κ3) is 4.30. The predicted octanol–water partition coefficient (Wildman–Crippen LogP) is 2.42. The molecule has 0 spiro atoms. The minimum absolute atomic E-state index is 0.143. The van der Waals surface area contributed by atoms with Gasteiger partial charge in [-0.3, -0.25) is 14.8 Å². The van der Waals surface area contributed by atoms with E-state index in [9.17, 15) is 18.8 Å². The fourth-order valence-electron chi connectivity index (χ4n) is 4.64. The molecular weight excluding hydrogens is 402 g/mol. The molecule has 2 aliphatic heterocycles. The number of fused-ring (bicyclic) bond motifs is 1. The zero-order valence-electron chi connectivity index (χ0n) is 17.7. The van der Waals surface area contributed by atoms with Crippen molar-refractivity contribution in [3.05, 3.63) is 30.1 Å². The molecule has 2 saturated heterocycles. The van der Waals surface area contributed by atoms with E-state index in [2.05, 4.69) is 26.3 Å². The average Bonchev–Trinajstić information content (AvgIpc) is 3.08. The molecule has 0 radical (unpaired) electrons. The van der Waals surface area contributed by atoms with Crippen molar-refractivity contribution < 1.29 is 13.6 Å². The summed E-state index contributed by atoms with van der Waals surface area (Å²) in [4.78, 5) is 25.0. The van der Waals surface area contributed by atoms with Gasteiger partial charge in [0.05, 0.1) is 23.8 Å². The minimum Gasteiger partial charge on any atom is -0.367 e. The monoisotopic (exact) mass is 428 g/mol. The van der Waals surface area contributed by atoms with Gasteiger partial charge in [-0.1, -0.05) is 6.92 Å². The molecule has 7 nitrogen and oxygen atoms in total. The number of nitrogens with one attached hydrogen (secondary N) is 1. The molecule has 0 saturated carbocycles. The lowest BCUT2D eigenvalue weighted by atomic mass is 9.89. The van der Waals surface area contributed by atoms with Gasteiger partial charge in [-0.2, -0.15) is 5.26 Å². The molecule has 2 aliphatic rings. The highest BCUT2D eigenvalue weighted by Gasteiger charge is 2.44. The van der Waals surface area contributed by atoms with Gasteiger partial charge in [0.15, 0.2) is 0 Å². The number of halogens is 2. The maximum atomic E-state index is 14.3. The lowest BCUT2D eigenvalue weighted by Crippen LogP contribution is -2.49. The van der Waals surface area contributed by atoms with Crippen LogP contribution in [0.2, 0.25) is 0 Å². The van der Waals surface area contributed by atoms with Gasteiger partial charge in [0, 0.05) is 37.8 Å². The van der Waals surface area contributed by atoms with Crippen LogP contribution in [0.1, 0.15) is 25.3 Å². The number of likely N-dealkylation sites (tertiary alicyclic amines) is 1. The first-order valence-corrected chi connectivity index (χ1v) is 10.5. The molecule has 4 rings (SSSR count). The molecule has 1 amide bonds. The average molecular weight is 428 g/mol. The molecular formula is C22H26F2N6O. The summed E-state index contributed by atoms with van der Waals surface area (Å²) in [7, 11) is 1.68.